The Morgan fingerprint density at radius 3 is 3.00 bits per heavy atom. The first kappa shape index (κ1) is 13.8. The lowest BCUT2D eigenvalue weighted by molar-refractivity contribution is -0.122. The van der Waals surface area contributed by atoms with E-state index in [-0.39, 0.29) is 18.2 Å². The number of hydrogen-bond acceptors (Lipinski definition) is 5. The predicted molar refractivity (Wildman–Crippen MR) is 78.4 cm³/mol. The second kappa shape index (κ2) is 6.03. The molecule has 1 saturated heterocycles. The highest BCUT2D eigenvalue weighted by Crippen LogP contribution is 2.23. The molecule has 1 fully saturated rings. The Hall–Kier alpha value is -1.60. The Kier molecular flexibility index (Phi) is 4.39. The molecule has 2 rings (SSSR count). The van der Waals surface area contributed by atoms with Crippen LogP contribution in [0.4, 0.5) is 5.69 Å². The van der Waals surface area contributed by atoms with Crippen LogP contribution in [0.15, 0.2) is 24.3 Å². The van der Waals surface area contributed by atoms with Gasteiger partial charge in [0.25, 0.3) is 0 Å². The minimum atomic E-state index is -0.446. The summed E-state index contributed by atoms with van der Waals surface area (Å²) >= 11 is 6.08. The van der Waals surface area contributed by atoms with Crippen LogP contribution in [0.1, 0.15) is 6.42 Å². The molecule has 0 radical (unpaired) electrons. The van der Waals surface area contributed by atoms with Gasteiger partial charge in [-0.25, -0.2) is 0 Å². The SMILES string of the molecule is COc1cccc(NC(=O)C[C@@H]2SC(=S)NC2=O)c1. The Morgan fingerprint density at radius 1 is 1.58 bits per heavy atom. The first-order valence-electron chi connectivity index (χ1n) is 5.54. The zero-order valence-corrected chi connectivity index (χ0v) is 11.8. The van der Waals surface area contributed by atoms with Gasteiger partial charge in [-0.2, -0.15) is 0 Å². The van der Waals surface area contributed by atoms with E-state index in [1.165, 1.54) is 11.8 Å². The fourth-order valence-electron chi connectivity index (χ4n) is 1.61. The molecule has 1 atom stereocenters. The van der Waals surface area contributed by atoms with Crippen molar-refractivity contribution in [3.63, 3.8) is 0 Å². The molecule has 7 heteroatoms. The van der Waals surface area contributed by atoms with E-state index in [9.17, 15) is 9.59 Å². The number of anilines is 1. The van der Waals surface area contributed by atoms with Crippen LogP contribution in [0.5, 0.6) is 5.75 Å². The summed E-state index contributed by atoms with van der Waals surface area (Å²) in [6, 6.07) is 7.03. The third kappa shape index (κ3) is 3.68. The summed E-state index contributed by atoms with van der Waals surface area (Å²) < 4.78 is 5.48. The van der Waals surface area contributed by atoms with E-state index in [4.69, 9.17) is 17.0 Å². The lowest BCUT2D eigenvalue weighted by Gasteiger charge is -2.08. The molecule has 1 aliphatic rings. The zero-order valence-electron chi connectivity index (χ0n) is 10.1. The minimum Gasteiger partial charge on any atom is -0.497 e. The van der Waals surface area contributed by atoms with Crippen molar-refractivity contribution < 1.29 is 14.3 Å². The molecule has 1 aromatic carbocycles. The lowest BCUT2D eigenvalue weighted by atomic mass is 10.2. The first-order valence-corrected chi connectivity index (χ1v) is 6.82. The van der Waals surface area contributed by atoms with Crippen LogP contribution in [0, 0.1) is 0 Å². The highest BCUT2D eigenvalue weighted by atomic mass is 32.2. The molecule has 5 nitrogen and oxygen atoms in total. The first-order chi connectivity index (χ1) is 9.08. The standard InChI is InChI=1S/C12H12N2O3S2/c1-17-8-4-2-3-7(5-8)13-10(15)6-9-11(16)14-12(18)19-9/h2-5,9H,6H2,1H3,(H,13,15)(H,14,16,18)/t9-/m0/s1. The number of carbonyl (C=O) groups is 2. The summed E-state index contributed by atoms with van der Waals surface area (Å²) in [4.78, 5) is 23.3. The van der Waals surface area contributed by atoms with Crippen LogP contribution in [0.25, 0.3) is 0 Å². The van der Waals surface area contributed by atoms with Gasteiger partial charge < -0.3 is 15.4 Å². The maximum Gasteiger partial charge on any atom is 0.239 e. The molecule has 2 amide bonds. The van der Waals surface area contributed by atoms with E-state index in [0.29, 0.717) is 15.8 Å². The summed E-state index contributed by atoms with van der Waals surface area (Å²) in [6.45, 7) is 0. The van der Waals surface area contributed by atoms with Crippen molar-refractivity contribution in [1.82, 2.24) is 5.32 Å². The van der Waals surface area contributed by atoms with Crippen LogP contribution in [0.2, 0.25) is 0 Å². The fraction of sp³-hybridized carbons (Fsp3) is 0.250. The molecule has 0 unspecified atom stereocenters. The molecule has 1 aromatic rings. The van der Waals surface area contributed by atoms with Gasteiger partial charge in [0.15, 0.2) is 0 Å². The summed E-state index contributed by atoms with van der Waals surface area (Å²) in [5.41, 5.74) is 0.635. The Bertz CT molecular complexity index is 533. The number of thiocarbonyl (C=S) groups is 1. The number of rotatable bonds is 4. The van der Waals surface area contributed by atoms with Crippen molar-refractivity contribution in [1.29, 1.82) is 0 Å². The van der Waals surface area contributed by atoms with Gasteiger partial charge in [0, 0.05) is 18.2 Å². The molecule has 1 aliphatic heterocycles. The van der Waals surface area contributed by atoms with Crippen molar-refractivity contribution >= 4 is 45.8 Å². The third-order valence-corrected chi connectivity index (χ3v) is 3.86. The molecule has 0 spiro atoms. The van der Waals surface area contributed by atoms with Crippen molar-refractivity contribution in [3.8, 4) is 5.75 Å². The van der Waals surface area contributed by atoms with Gasteiger partial charge in [-0.1, -0.05) is 30.0 Å². The molecule has 0 saturated carbocycles. The number of thioether (sulfide) groups is 1. The largest absolute Gasteiger partial charge is 0.497 e. The molecule has 19 heavy (non-hydrogen) atoms. The normalized spacial score (nSPS) is 18.1. The van der Waals surface area contributed by atoms with Gasteiger partial charge in [-0.05, 0) is 12.1 Å². The molecule has 0 aromatic heterocycles. The monoisotopic (exact) mass is 296 g/mol. The van der Waals surface area contributed by atoms with E-state index in [2.05, 4.69) is 10.6 Å². The van der Waals surface area contributed by atoms with Gasteiger partial charge in [0.1, 0.15) is 10.1 Å². The van der Waals surface area contributed by atoms with E-state index in [1.807, 2.05) is 0 Å². The van der Waals surface area contributed by atoms with Gasteiger partial charge in [-0.3, -0.25) is 9.59 Å². The predicted octanol–water partition coefficient (Wildman–Crippen LogP) is 1.54. The van der Waals surface area contributed by atoms with Gasteiger partial charge in [0.05, 0.1) is 12.4 Å². The summed E-state index contributed by atoms with van der Waals surface area (Å²) in [7, 11) is 1.56. The zero-order chi connectivity index (χ0) is 13.8. The molecular formula is C12H12N2O3S2. The van der Waals surface area contributed by atoms with Crippen LogP contribution in [0.3, 0.4) is 0 Å². The number of methoxy groups -OCH3 is 1. The fourth-order valence-corrected chi connectivity index (χ4v) is 2.88. The van der Waals surface area contributed by atoms with Crippen molar-refractivity contribution in [2.45, 2.75) is 11.7 Å². The highest BCUT2D eigenvalue weighted by molar-refractivity contribution is 8.24. The number of benzene rings is 1. The van der Waals surface area contributed by atoms with Crippen molar-refractivity contribution in [2.75, 3.05) is 12.4 Å². The topological polar surface area (TPSA) is 67.4 Å². The summed E-state index contributed by atoms with van der Waals surface area (Å²) in [6.07, 6.45) is 0.0911. The van der Waals surface area contributed by atoms with Crippen LogP contribution in [-0.4, -0.2) is 28.5 Å². The van der Waals surface area contributed by atoms with E-state index in [0.717, 1.165) is 0 Å². The second-order valence-corrected chi connectivity index (χ2v) is 5.75. The minimum absolute atomic E-state index is 0.0911. The van der Waals surface area contributed by atoms with Crippen molar-refractivity contribution in [3.05, 3.63) is 24.3 Å². The van der Waals surface area contributed by atoms with Gasteiger partial charge in [0.2, 0.25) is 11.8 Å². The molecule has 2 N–H and O–H groups in total. The second-order valence-electron chi connectivity index (χ2n) is 3.87. The Labute approximate surface area is 120 Å². The van der Waals surface area contributed by atoms with Crippen molar-refractivity contribution in [2.24, 2.45) is 0 Å². The van der Waals surface area contributed by atoms with E-state index in [1.54, 1.807) is 31.4 Å². The van der Waals surface area contributed by atoms with Gasteiger partial charge >= 0.3 is 0 Å². The summed E-state index contributed by atoms with van der Waals surface area (Å²) in [5.74, 6) is 0.216. The maximum absolute atomic E-state index is 11.8. The van der Waals surface area contributed by atoms with Crippen LogP contribution in [-0.2, 0) is 9.59 Å². The number of hydrogen-bond donors (Lipinski definition) is 2. The molecule has 100 valence electrons. The number of carbonyl (C=O) groups excluding carboxylic acids is 2. The third-order valence-electron chi connectivity index (χ3n) is 2.49. The quantitative estimate of drug-likeness (QED) is 0.825. The maximum atomic E-state index is 11.8. The highest BCUT2D eigenvalue weighted by Gasteiger charge is 2.30. The average Bonchev–Trinajstić information content (AvgIpc) is 2.68. The molecular weight excluding hydrogens is 284 g/mol. The van der Waals surface area contributed by atoms with Gasteiger partial charge in [-0.15, -0.1) is 0 Å². The molecule has 0 aliphatic carbocycles. The van der Waals surface area contributed by atoms with E-state index < -0.39 is 5.25 Å². The number of amides is 2. The Morgan fingerprint density at radius 2 is 2.37 bits per heavy atom. The Balaban J connectivity index is 1.94. The van der Waals surface area contributed by atoms with Crippen LogP contribution < -0.4 is 15.4 Å². The molecule has 0 bridgehead atoms. The average molecular weight is 296 g/mol. The lowest BCUT2D eigenvalue weighted by Crippen LogP contribution is -2.27. The van der Waals surface area contributed by atoms with E-state index >= 15 is 0 Å². The van der Waals surface area contributed by atoms with Crippen LogP contribution >= 0.6 is 24.0 Å². The smallest absolute Gasteiger partial charge is 0.239 e. The number of nitrogens with one attached hydrogen (secondary N) is 2. The summed E-state index contributed by atoms with van der Waals surface area (Å²) in [5, 5.41) is 4.79. The molecule has 1 heterocycles. The number of ether oxygens (including phenoxy) is 1.